The summed E-state index contributed by atoms with van der Waals surface area (Å²) in [4.78, 5) is 0. The second-order valence-electron chi connectivity index (χ2n) is 4.35. The minimum Gasteiger partial charge on any atom is -0.407 e. The van der Waals surface area contributed by atoms with E-state index in [0.29, 0.717) is 18.9 Å². The van der Waals surface area contributed by atoms with Gasteiger partial charge in [0.25, 0.3) is 0 Å². The standard InChI is InChI=1S/C9H16BNO3/c1-2-7-4-8(3-1)14-10(13-7)9-5-11-6-12-9/h7-9,11H,1-6H2/t7-,8-,9?/m1/s1. The lowest BCUT2D eigenvalue weighted by molar-refractivity contribution is -0.0346. The molecule has 0 aromatic rings. The molecule has 4 nitrogen and oxygen atoms in total. The first-order chi connectivity index (χ1) is 6.92. The van der Waals surface area contributed by atoms with Gasteiger partial charge in [-0.2, -0.15) is 0 Å². The van der Waals surface area contributed by atoms with Gasteiger partial charge in [0.2, 0.25) is 0 Å². The molecule has 0 aromatic carbocycles. The topological polar surface area (TPSA) is 39.7 Å². The Morgan fingerprint density at radius 2 is 1.93 bits per heavy atom. The molecule has 0 aromatic heterocycles. The van der Waals surface area contributed by atoms with Crippen molar-refractivity contribution in [2.24, 2.45) is 0 Å². The van der Waals surface area contributed by atoms with E-state index in [1.807, 2.05) is 0 Å². The van der Waals surface area contributed by atoms with E-state index in [0.717, 1.165) is 13.0 Å². The zero-order valence-corrected chi connectivity index (χ0v) is 8.28. The maximum Gasteiger partial charge on any atom is 0.489 e. The van der Waals surface area contributed by atoms with Gasteiger partial charge in [-0.3, -0.25) is 5.32 Å². The van der Waals surface area contributed by atoms with Crippen molar-refractivity contribution in [1.82, 2.24) is 5.32 Å². The molecule has 3 atom stereocenters. The highest BCUT2D eigenvalue weighted by Crippen LogP contribution is 2.30. The molecule has 0 spiro atoms. The molecular weight excluding hydrogens is 181 g/mol. The normalized spacial score (nSPS) is 42.9. The number of hydrogen-bond donors (Lipinski definition) is 1. The van der Waals surface area contributed by atoms with Gasteiger partial charge < -0.3 is 14.0 Å². The highest BCUT2D eigenvalue weighted by molar-refractivity contribution is 6.46. The molecule has 0 radical (unpaired) electrons. The van der Waals surface area contributed by atoms with E-state index in [2.05, 4.69) is 5.32 Å². The Morgan fingerprint density at radius 3 is 2.57 bits per heavy atom. The Labute approximate surface area is 84.4 Å². The zero-order chi connectivity index (χ0) is 9.38. The van der Waals surface area contributed by atoms with Crippen LogP contribution in [-0.2, 0) is 14.0 Å². The number of nitrogens with one attached hydrogen (secondary N) is 1. The number of fused-ring (bicyclic) bond motifs is 2. The first-order valence-corrected chi connectivity index (χ1v) is 5.55. The molecule has 14 heavy (non-hydrogen) atoms. The Morgan fingerprint density at radius 1 is 1.14 bits per heavy atom. The van der Waals surface area contributed by atoms with Crippen LogP contribution in [-0.4, -0.2) is 38.6 Å². The summed E-state index contributed by atoms with van der Waals surface area (Å²) in [7, 11) is -0.131. The van der Waals surface area contributed by atoms with Crippen LogP contribution in [0.25, 0.3) is 0 Å². The highest BCUT2D eigenvalue weighted by atomic mass is 16.6. The molecule has 2 aliphatic heterocycles. The van der Waals surface area contributed by atoms with E-state index >= 15 is 0 Å². The lowest BCUT2D eigenvalue weighted by Crippen LogP contribution is -2.51. The summed E-state index contributed by atoms with van der Waals surface area (Å²) in [6.45, 7) is 1.48. The zero-order valence-electron chi connectivity index (χ0n) is 8.28. The van der Waals surface area contributed by atoms with Gasteiger partial charge in [0.15, 0.2) is 0 Å². The van der Waals surface area contributed by atoms with E-state index < -0.39 is 0 Å². The summed E-state index contributed by atoms with van der Waals surface area (Å²) < 4.78 is 17.2. The van der Waals surface area contributed by atoms with E-state index in [-0.39, 0.29) is 13.1 Å². The SMILES string of the molecule is C1C[C@@H]2C[C@@H](C1)OB(C1CNCO1)O2. The third-order valence-electron chi connectivity index (χ3n) is 3.28. The molecule has 1 aliphatic carbocycles. The summed E-state index contributed by atoms with van der Waals surface area (Å²) >= 11 is 0. The van der Waals surface area contributed by atoms with E-state index in [1.165, 1.54) is 19.3 Å². The van der Waals surface area contributed by atoms with Crippen molar-refractivity contribution >= 4 is 7.12 Å². The predicted molar refractivity (Wildman–Crippen MR) is 51.7 cm³/mol. The van der Waals surface area contributed by atoms with Crippen molar-refractivity contribution in [3.8, 4) is 0 Å². The Hall–Kier alpha value is -0.0951. The smallest absolute Gasteiger partial charge is 0.407 e. The molecule has 3 aliphatic rings. The van der Waals surface area contributed by atoms with Crippen molar-refractivity contribution in [3.63, 3.8) is 0 Å². The van der Waals surface area contributed by atoms with Crippen LogP contribution < -0.4 is 5.32 Å². The molecule has 2 saturated heterocycles. The van der Waals surface area contributed by atoms with Gasteiger partial charge in [-0.25, -0.2) is 0 Å². The quantitative estimate of drug-likeness (QED) is 0.614. The van der Waals surface area contributed by atoms with Crippen LogP contribution in [0, 0.1) is 0 Å². The van der Waals surface area contributed by atoms with Crippen LogP contribution in [0.3, 0.4) is 0 Å². The monoisotopic (exact) mass is 197 g/mol. The van der Waals surface area contributed by atoms with Crippen LogP contribution in [0.5, 0.6) is 0 Å². The molecule has 5 heteroatoms. The van der Waals surface area contributed by atoms with Crippen LogP contribution >= 0.6 is 0 Å². The number of hydrogen-bond acceptors (Lipinski definition) is 4. The van der Waals surface area contributed by atoms with Crippen molar-refractivity contribution in [2.75, 3.05) is 13.3 Å². The summed E-state index contributed by atoms with van der Waals surface area (Å²) in [5.41, 5.74) is 0. The molecule has 1 unspecified atom stereocenters. The minimum atomic E-state index is -0.131. The molecule has 78 valence electrons. The van der Waals surface area contributed by atoms with Gasteiger partial charge in [-0.1, -0.05) is 0 Å². The predicted octanol–water partition coefficient (Wildman–Crippen LogP) is 0.318. The minimum absolute atomic E-state index is 0.0957. The van der Waals surface area contributed by atoms with E-state index in [9.17, 15) is 0 Å². The number of ether oxygens (including phenoxy) is 1. The van der Waals surface area contributed by atoms with Crippen molar-refractivity contribution in [3.05, 3.63) is 0 Å². The molecule has 1 saturated carbocycles. The van der Waals surface area contributed by atoms with Gasteiger partial charge >= 0.3 is 7.12 Å². The molecule has 1 N–H and O–H groups in total. The average Bonchev–Trinajstić information content (AvgIpc) is 2.69. The molecule has 2 heterocycles. The van der Waals surface area contributed by atoms with Crippen molar-refractivity contribution in [1.29, 1.82) is 0 Å². The van der Waals surface area contributed by atoms with Gasteiger partial charge in [0.1, 0.15) is 6.00 Å². The largest absolute Gasteiger partial charge is 0.489 e. The lowest BCUT2D eigenvalue weighted by atomic mass is 9.76. The van der Waals surface area contributed by atoms with E-state index in [1.54, 1.807) is 0 Å². The third kappa shape index (κ3) is 1.69. The summed E-state index contributed by atoms with van der Waals surface area (Å²) in [6.07, 6.45) is 5.53. The third-order valence-corrected chi connectivity index (χ3v) is 3.28. The fourth-order valence-corrected chi connectivity index (χ4v) is 2.54. The maximum absolute atomic E-state index is 5.85. The fourth-order valence-electron chi connectivity index (χ4n) is 2.54. The van der Waals surface area contributed by atoms with Gasteiger partial charge in [0, 0.05) is 18.8 Å². The summed E-state index contributed by atoms with van der Waals surface area (Å²) in [5, 5.41) is 3.15. The maximum atomic E-state index is 5.85. The number of rotatable bonds is 1. The molecular formula is C9H16BNO3. The Bertz CT molecular complexity index is 198. The van der Waals surface area contributed by atoms with Gasteiger partial charge in [-0.05, 0) is 25.7 Å². The van der Waals surface area contributed by atoms with Gasteiger partial charge in [0.05, 0.1) is 6.73 Å². The highest BCUT2D eigenvalue weighted by Gasteiger charge is 2.43. The van der Waals surface area contributed by atoms with Crippen LogP contribution in [0.1, 0.15) is 25.7 Å². The van der Waals surface area contributed by atoms with Crippen LogP contribution in [0.2, 0.25) is 0 Å². The molecule has 0 amide bonds. The Balaban J connectivity index is 1.64. The molecule has 3 rings (SSSR count). The summed E-state index contributed by atoms with van der Waals surface area (Å²) in [5.74, 6) is 0. The second-order valence-corrected chi connectivity index (χ2v) is 4.35. The van der Waals surface area contributed by atoms with Crippen LogP contribution in [0.4, 0.5) is 0 Å². The Kier molecular flexibility index (Phi) is 2.49. The summed E-state index contributed by atoms with van der Waals surface area (Å²) in [6, 6.07) is 0.0957. The van der Waals surface area contributed by atoms with Gasteiger partial charge in [-0.15, -0.1) is 0 Å². The average molecular weight is 197 g/mol. The van der Waals surface area contributed by atoms with E-state index in [4.69, 9.17) is 14.0 Å². The molecule has 2 bridgehead atoms. The van der Waals surface area contributed by atoms with Crippen LogP contribution in [0.15, 0.2) is 0 Å². The van der Waals surface area contributed by atoms with Crippen molar-refractivity contribution in [2.45, 2.75) is 43.9 Å². The lowest BCUT2D eigenvalue weighted by Gasteiger charge is -2.39. The molecule has 3 fully saturated rings. The fraction of sp³-hybridized carbons (Fsp3) is 1.00. The van der Waals surface area contributed by atoms with Crippen molar-refractivity contribution < 1.29 is 14.0 Å². The second kappa shape index (κ2) is 3.81. The first-order valence-electron chi connectivity index (χ1n) is 5.55. The first kappa shape index (κ1) is 9.15.